The van der Waals surface area contributed by atoms with Crippen LogP contribution in [0.5, 0.6) is 0 Å². The van der Waals surface area contributed by atoms with Gasteiger partial charge in [0.1, 0.15) is 0 Å². The van der Waals surface area contributed by atoms with E-state index >= 15 is 0 Å². The molecule has 0 aliphatic carbocycles. The maximum atomic E-state index is 12.1. The molecule has 0 saturated heterocycles. The van der Waals surface area contributed by atoms with Crippen LogP contribution in [0.25, 0.3) is 0 Å². The van der Waals surface area contributed by atoms with Gasteiger partial charge in [-0.2, -0.15) is 0 Å². The lowest BCUT2D eigenvalue weighted by Gasteiger charge is -2.14. The standard InChI is InChI=1S/C15H17O3P.C11H17O4P/c1-19(16,17-12-14-8-4-2-5-9-14)18-13-15-10-6-3-7-11-15;1-3-13-10-15-16(2,12)14-9-11-7-5-4-6-8-11/h2-11H,12-13H2,1H3;4-8H,3,9-10H2,1-2H3. The lowest BCUT2D eigenvalue weighted by Crippen LogP contribution is -2.00. The summed E-state index contributed by atoms with van der Waals surface area (Å²) in [6.07, 6.45) is 0. The Morgan fingerprint density at radius 3 is 1.17 bits per heavy atom. The average Bonchev–Trinajstić information content (AvgIpc) is 2.88. The first-order valence-corrected chi connectivity index (χ1v) is 15.2. The molecule has 0 N–H and O–H groups in total. The Morgan fingerprint density at radius 1 is 0.543 bits per heavy atom. The maximum absolute atomic E-state index is 12.1. The third-order valence-electron chi connectivity index (χ3n) is 4.50. The summed E-state index contributed by atoms with van der Waals surface area (Å²) in [5, 5.41) is 0. The molecule has 3 aromatic carbocycles. The van der Waals surface area contributed by atoms with E-state index in [1.165, 1.54) is 13.3 Å². The van der Waals surface area contributed by atoms with E-state index in [0.29, 0.717) is 19.8 Å². The molecule has 0 radical (unpaired) electrons. The van der Waals surface area contributed by atoms with Gasteiger partial charge in [-0.3, -0.25) is 13.7 Å². The Balaban J connectivity index is 0.000000251. The summed E-state index contributed by atoms with van der Waals surface area (Å²) in [5.41, 5.74) is 2.92. The minimum atomic E-state index is -3.02. The van der Waals surface area contributed by atoms with Crippen molar-refractivity contribution < 1.29 is 32.0 Å². The fraction of sp³-hybridized carbons (Fsp3) is 0.308. The Bertz CT molecular complexity index is 1000. The summed E-state index contributed by atoms with van der Waals surface area (Å²) in [7, 11) is -6.04. The van der Waals surface area contributed by atoms with E-state index in [9.17, 15) is 9.13 Å². The second-order valence-corrected chi connectivity index (χ2v) is 11.7. The fourth-order valence-corrected chi connectivity index (χ4v) is 4.15. The maximum Gasteiger partial charge on any atom is 0.330 e. The molecule has 0 fully saturated rings. The molecule has 7 nitrogen and oxygen atoms in total. The highest BCUT2D eigenvalue weighted by Gasteiger charge is 2.17. The third-order valence-corrected chi connectivity index (χ3v) is 6.87. The summed E-state index contributed by atoms with van der Waals surface area (Å²) in [6, 6.07) is 28.8. The minimum absolute atomic E-state index is 0.000925. The van der Waals surface area contributed by atoms with Gasteiger partial charge >= 0.3 is 15.2 Å². The van der Waals surface area contributed by atoms with Crippen molar-refractivity contribution in [3.8, 4) is 0 Å². The summed E-state index contributed by atoms with van der Waals surface area (Å²) < 4.78 is 49.8. The smallest absolute Gasteiger partial charge is 0.330 e. The summed E-state index contributed by atoms with van der Waals surface area (Å²) in [4.78, 5) is 0. The molecule has 0 aliphatic rings. The fourth-order valence-electron chi connectivity index (χ4n) is 2.59. The van der Waals surface area contributed by atoms with Gasteiger partial charge in [0.05, 0.1) is 19.8 Å². The van der Waals surface area contributed by atoms with Crippen molar-refractivity contribution in [3.63, 3.8) is 0 Å². The monoisotopic (exact) mass is 520 g/mol. The number of benzene rings is 3. The molecule has 0 bridgehead atoms. The molecule has 1 unspecified atom stereocenters. The zero-order chi connectivity index (χ0) is 25.4. The zero-order valence-corrected chi connectivity index (χ0v) is 22.2. The van der Waals surface area contributed by atoms with E-state index in [-0.39, 0.29) is 13.4 Å². The Hall–Kier alpha value is -2.08. The first kappa shape index (κ1) is 29.2. The van der Waals surface area contributed by atoms with Crippen LogP contribution in [0.3, 0.4) is 0 Å². The lowest BCUT2D eigenvalue weighted by atomic mass is 10.2. The second-order valence-electron chi connectivity index (χ2n) is 7.56. The van der Waals surface area contributed by atoms with Crippen LogP contribution in [-0.4, -0.2) is 26.7 Å². The molecular formula is C26H34O7P2. The Kier molecular flexibility index (Phi) is 13.2. The van der Waals surface area contributed by atoms with Gasteiger partial charge in [-0.25, -0.2) is 0 Å². The molecule has 35 heavy (non-hydrogen) atoms. The van der Waals surface area contributed by atoms with Gasteiger partial charge in [-0.05, 0) is 23.6 Å². The molecule has 0 spiro atoms. The SMILES string of the molecule is CCOCOP(C)(=O)OCc1ccccc1.CP(=O)(OCc1ccccc1)OCc1ccccc1. The van der Waals surface area contributed by atoms with Crippen LogP contribution in [0.15, 0.2) is 91.0 Å². The van der Waals surface area contributed by atoms with Crippen LogP contribution in [0, 0.1) is 0 Å². The third kappa shape index (κ3) is 13.6. The molecule has 3 rings (SSSR count). The van der Waals surface area contributed by atoms with E-state index in [2.05, 4.69) is 0 Å². The van der Waals surface area contributed by atoms with Crippen LogP contribution in [0.1, 0.15) is 23.6 Å². The van der Waals surface area contributed by atoms with Crippen LogP contribution < -0.4 is 0 Å². The first-order valence-electron chi connectivity index (χ1n) is 11.2. The Labute approximate surface area is 208 Å². The highest BCUT2D eigenvalue weighted by Crippen LogP contribution is 2.45. The molecule has 0 amide bonds. The number of rotatable bonds is 13. The molecule has 0 heterocycles. The topological polar surface area (TPSA) is 80.3 Å². The van der Waals surface area contributed by atoms with Gasteiger partial charge in [0, 0.05) is 19.9 Å². The summed E-state index contributed by atoms with van der Waals surface area (Å²) in [5.74, 6) is 0. The highest BCUT2D eigenvalue weighted by atomic mass is 31.2. The van der Waals surface area contributed by atoms with Gasteiger partial charge in [0.15, 0.2) is 6.79 Å². The predicted octanol–water partition coefficient (Wildman–Crippen LogP) is 7.28. The Morgan fingerprint density at radius 2 is 0.857 bits per heavy atom. The van der Waals surface area contributed by atoms with Gasteiger partial charge in [-0.1, -0.05) is 91.0 Å². The molecular weight excluding hydrogens is 486 g/mol. The quantitative estimate of drug-likeness (QED) is 0.133. The van der Waals surface area contributed by atoms with Crippen molar-refractivity contribution in [2.24, 2.45) is 0 Å². The largest absolute Gasteiger partial charge is 0.355 e. The number of ether oxygens (including phenoxy) is 1. The van der Waals surface area contributed by atoms with E-state index < -0.39 is 15.2 Å². The van der Waals surface area contributed by atoms with Crippen LogP contribution in [0.2, 0.25) is 0 Å². The number of hydrogen-bond donors (Lipinski definition) is 0. The van der Waals surface area contributed by atoms with Gasteiger partial charge in [0.2, 0.25) is 0 Å². The molecule has 190 valence electrons. The van der Waals surface area contributed by atoms with Crippen molar-refractivity contribution in [2.75, 3.05) is 26.7 Å². The summed E-state index contributed by atoms with van der Waals surface area (Å²) in [6.45, 7) is 6.17. The lowest BCUT2D eigenvalue weighted by molar-refractivity contribution is 0.0115. The van der Waals surface area contributed by atoms with Gasteiger partial charge < -0.3 is 18.3 Å². The number of hydrogen-bond acceptors (Lipinski definition) is 7. The van der Waals surface area contributed by atoms with Crippen molar-refractivity contribution in [3.05, 3.63) is 108 Å². The second kappa shape index (κ2) is 15.8. The van der Waals surface area contributed by atoms with E-state index in [4.69, 9.17) is 22.8 Å². The van der Waals surface area contributed by atoms with E-state index in [1.807, 2.05) is 97.9 Å². The summed E-state index contributed by atoms with van der Waals surface area (Å²) >= 11 is 0. The van der Waals surface area contributed by atoms with Crippen molar-refractivity contribution in [1.29, 1.82) is 0 Å². The van der Waals surface area contributed by atoms with Gasteiger partial charge in [0.25, 0.3) is 0 Å². The molecule has 3 aromatic rings. The van der Waals surface area contributed by atoms with Crippen molar-refractivity contribution in [2.45, 2.75) is 26.7 Å². The molecule has 0 aromatic heterocycles. The van der Waals surface area contributed by atoms with E-state index in [1.54, 1.807) is 0 Å². The van der Waals surface area contributed by atoms with Crippen molar-refractivity contribution >= 4 is 15.2 Å². The van der Waals surface area contributed by atoms with Crippen LogP contribution in [0.4, 0.5) is 0 Å². The van der Waals surface area contributed by atoms with Crippen LogP contribution >= 0.6 is 15.2 Å². The highest BCUT2D eigenvalue weighted by molar-refractivity contribution is 7.53. The first-order chi connectivity index (χ1) is 16.8. The molecule has 9 heteroatoms. The van der Waals surface area contributed by atoms with Crippen molar-refractivity contribution in [1.82, 2.24) is 0 Å². The van der Waals surface area contributed by atoms with E-state index in [0.717, 1.165) is 16.7 Å². The minimum Gasteiger partial charge on any atom is -0.355 e. The predicted molar refractivity (Wildman–Crippen MR) is 138 cm³/mol. The van der Waals surface area contributed by atoms with Crippen LogP contribution in [-0.2, 0) is 51.8 Å². The van der Waals surface area contributed by atoms with Gasteiger partial charge in [-0.15, -0.1) is 0 Å². The zero-order valence-electron chi connectivity index (χ0n) is 20.4. The molecule has 0 saturated carbocycles. The normalized spacial score (nSPS) is 12.9. The molecule has 1 atom stereocenters. The molecule has 0 aliphatic heterocycles. The average molecular weight is 520 g/mol.